The molecule has 0 fully saturated rings. The Kier molecular flexibility index (Phi) is 4.74. The Morgan fingerprint density at radius 2 is 1.80 bits per heavy atom. The average Bonchev–Trinajstić information content (AvgIpc) is 2.53. The molecule has 0 saturated carbocycles. The van der Waals surface area contributed by atoms with Gasteiger partial charge >= 0.3 is 0 Å². The Hall–Kier alpha value is -2.33. The number of nitrogens with one attached hydrogen (secondary N) is 1. The maximum absolute atomic E-state index is 8.61. The summed E-state index contributed by atoms with van der Waals surface area (Å²) in [5, 5.41) is 15.1. The van der Waals surface area contributed by atoms with Crippen molar-refractivity contribution in [1.82, 2.24) is 5.32 Å². The summed E-state index contributed by atoms with van der Waals surface area (Å²) in [5.41, 5.74) is 8.66. The van der Waals surface area contributed by atoms with Gasteiger partial charge in [-0.15, -0.1) is 0 Å². The minimum atomic E-state index is 0.127. The van der Waals surface area contributed by atoms with Crippen LogP contribution in [0.15, 0.2) is 59.8 Å². The van der Waals surface area contributed by atoms with Crippen LogP contribution in [-0.4, -0.2) is 11.0 Å². The van der Waals surface area contributed by atoms with Gasteiger partial charge in [0.2, 0.25) is 0 Å². The fourth-order valence-electron chi connectivity index (χ4n) is 1.98. The molecule has 0 heterocycles. The number of hydrogen-bond acceptors (Lipinski definition) is 3. The van der Waals surface area contributed by atoms with Gasteiger partial charge in [0.1, 0.15) is 0 Å². The first-order chi connectivity index (χ1) is 9.70. The van der Waals surface area contributed by atoms with Crippen LogP contribution in [0.1, 0.15) is 29.7 Å². The van der Waals surface area contributed by atoms with E-state index < -0.39 is 0 Å². The molecule has 0 unspecified atom stereocenters. The van der Waals surface area contributed by atoms with E-state index in [2.05, 4.69) is 29.5 Å². The highest BCUT2D eigenvalue weighted by molar-refractivity contribution is 5.96. The molecule has 4 N–H and O–H groups in total. The summed E-state index contributed by atoms with van der Waals surface area (Å²) in [5.74, 6) is 0.127. The van der Waals surface area contributed by atoms with Crippen LogP contribution < -0.4 is 11.1 Å². The van der Waals surface area contributed by atoms with Crippen LogP contribution >= 0.6 is 0 Å². The molecule has 2 aromatic carbocycles. The monoisotopic (exact) mass is 269 g/mol. The molecular weight excluding hydrogens is 250 g/mol. The van der Waals surface area contributed by atoms with E-state index in [-0.39, 0.29) is 5.84 Å². The van der Waals surface area contributed by atoms with Gasteiger partial charge in [0.05, 0.1) is 0 Å². The molecule has 20 heavy (non-hydrogen) atoms. The van der Waals surface area contributed by atoms with Gasteiger partial charge in [0, 0.05) is 18.2 Å². The van der Waals surface area contributed by atoms with E-state index in [4.69, 9.17) is 10.9 Å². The molecule has 4 nitrogen and oxygen atoms in total. The second-order valence-corrected chi connectivity index (χ2v) is 4.70. The zero-order chi connectivity index (χ0) is 14.4. The molecular formula is C16H19N3O. The van der Waals surface area contributed by atoms with Crippen LogP contribution in [0.5, 0.6) is 0 Å². The highest BCUT2D eigenvalue weighted by atomic mass is 16.4. The van der Waals surface area contributed by atoms with Crippen molar-refractivity contribution >= 4 is 5.84 Å². The van der Waals surface area contributed by atoms with Crippen molar-refractivity contribution in [3.8, 4) is 0 Å². The maximum Gasteiger partial charge on any atom is 0.170 e. The van der Waals surface area contributed by atoms with E-state index in [0.717, 1.165) is 12.1 Å². The number of nitrogens with two attached hydrogens (primary N) is 1. The van der Waals surface area contributed by atoms with E-state index in [0.29, 0.717) is 11.6 Å². The molecule has 0 bridgehead atoms. The molecule has 0 aliphatic heterocycles. The minimum Gasteiger partial charge on any atom is -0.409 e. The second-order valence-electron chi connectivity index (χ2n) is 4.70. The van der Waals surface area contributed by atoms with E-state index in [1.165, 1.54) is 5.56 Å². The van der Waals surface area contributed by atoms with Crippen molar-refractivity contribution in [2.45, 2.75) is 19.5 Å². The topological polar surface area (TPSA) is 70.6 Å². The molecule has 0 aliphatic rings. The van der Waals surface area contributed by atoms with Crippen molar-refractivity contribution in [2.75, 3.05) is 0 Å². The van der Waals surface area contributed by atoms with Gasteiger partial charge in [-0.3, -0.25) is 0 Å². The van der Waals surface area contributed by atoms with Crippen molar-refractivity contribution in [3.63, 3.8) is 0 Å². The zero-order valence-corrected chi connectivity index (χ0v) is 11.5. The van der Waals surface area contributed by atoms with Crippen LogP contribution in [0.25, 0.3) is 0 Å². The van der Waals surface area contributed by atoms with Crippen molar-refractivity contribution < 1.29 is 5.21 Å². The molecule has 0 aromatic heterocycles. The van der Waals surface area contributed by atoms with Gasteiger partial charge in [-0.1, -0.05) is 59.8 Å². The smallest absolute Gasteiger partial charge is 0.170 e. The van der Waals surface area contributed by atoms with Crippen molar-refractivity contribution in [3.05, 3.63) is 71.3 Å². The van der Waals surface area contributed by atoms with Crippen LogP contribution in [0.4, 0.5) is 0 Å². The summed E-state index contributed by atoms with van der Waals surface area (Å²) in [6, 6.07) is 18.2. The molecule has 0 aliphatic carbocycles. The van der Waals surface area contributed by atoms with Gasteiger partial charge < -0.3 is 16.3 Å². The lowest BCUT2D eigenvalue weighted by Gasteiger charge is -2.14. The highest BCUT2D eigenvalue weighted by Gasteiger charge is 2.04. The fourth-order valence-corrected chi connectivity index (χ4v) is 1.98. The molecule has 2 rings (SSSR count). The molecule has 104 valence electrons. The highest BCUT2D eigenvalue weighted by Crippen LogP contribution is 2.12. The molecule has 0 saturated heterocycles. The summed E-state index contributed by atoms with van der Waals surface area (Å²) in [6.45, 7) is 2.91. The summed E-state index contributed by atoms with van der Waals surface area (Å²) in [4.78, 5) is 0. The van der Waals surface area contributed by atoms with Crippen LogP contribution in [-0.2, 0) is 6.54 Å². The van der Waals surface area contributed by atoms with E-state index in [1.807, 2.05) is 42.5 Å². The second kappa shape index (κ2) is 6.73. The largest absolute Gasteiger partial charge is 0.409 e. The molecule has 0 spiro atoms. The Morgan fingerprint density at radius 1 is 1.15 bits per heavy atom. The van der Waals surface area contributed by atoms with Crippen molar-refractivity contribution in [2.24, 2.45) is 10.9 Å². The van der Waals surface area contributed by atoms with Gasteiger partial charge in [0.15, 0.2) is 5.84 Å². The normalized spacial score (nSPS) is 13.2. The first-order valence-corrected chi connectivity index (χ1v) is 6.56. The van der Waals surface area contributed by atoms with Crippen LogP contribution in [0, 0.1) is 0 Å². The number of hydrogen-bond donors (Lipinski definition) is 3. The maximum atomic E-state index is 8.61. The minimum absolute atomic E-state index is 0.127. The fraction of sp³-hybridized carbons (Fsp3) is 0.188. The lowest BCUT2D eigenvalue weighted by atomic mass is 10.1. The predicted octanol–water partition coefficient (Wildman–Crippen LogP) is 2.63. The number of benzene rings is 2. The SMILES string of the molecule is C[C@H](NCc1ccc(C(N)=NO)cc1)c1ccccc1. The third-order valence-corrected chi connectivity index (χ3v) is 3.27. The summed E-state index contributed by atoms with van der Waals surface area (Å²) in [6.07, 6.45) is 0. The third-order valence-electron chi connectivity index (χ3n) is 3.27. The molecule has 1 atom stereocenters. The predicted molar refractivity (Wildman–Crippen MR) is 80.6 cm³/mol. The Morgan fingerprint density at radius 3 is 2.40 bits per heavy atom. The number of rotatable bonds is 5. The summed E-state index contributed by atoms with van der Waals surface area (Å²) >= 11 is 0. The summed E-state index contributed by atoms with van der Waals surface area (Å²) in [7, 11) is 0. The zero-order valence-electron chi connectivity index (χ0n) is 11.5. The molecule has 0 radical (unpaired) electrons. The Balaban J connectivity index is 1.94. The average molecular weight is 269 g/mol. The standard InChI is InChI=1S/C16H19N3O/c1-12(14-5-3-2-4-6-14)18-11-13-7-9-15(10-8-13)16(17)19-20/h2-10,12,18,20H,11H2,1H3,(H2,17,19)/t12-/m0/s1. The van der Waals surface area contributed by atoms with Gasteiger partial charge in [-0.2, -0.15) is 0 Å². The van der Waals surface area contributed by atoms with E-state index in [1.54, 1.807) is 0 Å². The van der Waals surface area contributed by atoms with Crippen molar-refractivity contribution in [1.29, 1.82) is 0 Å². The van der Waals surface area contributed by atoms with E-state index in [9.17, 15) is 0 Å². The lowest BCUT2D eigenvalue weighted by Crippen LogP contribution is -2.18. The van der Waals surface area contributed by atoms with Gasteiger partial charge in [-0.05, 0) is 18.1 Å². The quantitative estimate of drug-likeness (QED) is 0.338. The number of nitrogens with zero attached hydrogens (tertiary/aromatic N) is 1. The van der Waals surface area contributed by atoms with Gasteiger partial charge in [-0.25, -0.2) is 0 Å². The summed E-state index contributed by atoms with van der Waals surface area (Å²) < 4.78 is 0. The van der Waals surface area contributed by atoms with E-state index >= 15 is 0 Å². The third kappa shape index (κ3) is 3.59. The molecule has 2 aromatic rings. The molecule has 0 amide bonds. The lowest BCUT2D eigenvalue weighted by molar-refractivity contribution is 0.318. The Labute approximate surface area is 118 Å². The first kappa shape index (κ1) is 14.1. The van der Waals surface area contributed by atoms with Crippen LogP contribution in [0.2, 0.25) is 0 Å². The Bertz CT molecular complexity index is 564. The van der Waals surface area contributed by atoms with Crippen LogP contribution in [0.3, 0.4) is 0 Å². The molecule has 4 heteroatoms. The van der Waals surface area contributed by atoms with Gasteiger partial charge in [0.25, 0.3) is 0 Å². The number of amidine groups is 1. The number of oxime groups is 1. The first-order valence-electron chi connectivity index (χ1n) is 6.56.